The van der Waals surface area contributed by atoms with Crippen LogP contribution in [0.2, 0.25) is 0 Å². The number of fused-ring (bicyclic) bond motifs is 1. The SMILES string of the molecule is CCCCOC(=O)c1ccc(NC(=O)[C@@H]2[C@H]3C[C@H]4[C@H](OC(=O)[C@H]42)[C@H]3Br)cc1. The summed E-state index contributed by atoms with van der Waals surface area (Å²) in [6.07, 6.45) is 2.56. The van der Waals surface area contributed by atoms with Crippen molar-refractivity contribution in [3.63, 3.8) is 0 Å². The molecule has 1 aromatic rings. The molecule has 2 saturated carbocycles. The molecule has 6 atom stereocenters. The van der Waals surface area contributed by atoms with Gasteiger partial charge in [-0.05, 0) is 43.0 Å². The number of carbonyl (C=O) groups excluding carboxylic acids is 3. The Kier molecular flexibility index (Phi) is 4.97. The van der Waals surface area contributed by atoms with Crippen molar-refractivity contribution in [2.75, 3.05) is 11.9 Å². The van der Waals surface area contributed by atoms with Gasteiger partial charge in [-0.1, -0.05) is 29.3 Å². The summed E-state index contributed by atoms with van der Waals surface area (Å²) in [5.74, 6) is -1.22. The van der Waals surface area contributed by atoms with E-state index in [0.717, 1.165) is 19.3 Å². The lowest BCUT2D eigenvalue weighted by Crippen LogP contribution is -2.40. The van der Waals surface area contributed by atoms with Gasteiger partial charge in [0.25, 0.3) is 0 Å². The molecule has 1 amide bonds. The molecule has 3 fully saturated rings. The van der Waals surface area contributed by atoms with Gasteiger partial charge in [-0.3, -0.25) is 9.59 Å². The van der Waals surface area contributed by atoms with Gasteiger partial charge in [0.15, 0.2) is 0 Å². The van der Waals surface area contributed by atoms with Gasteiger partial charge in [-0.2, -0.15) is 0 Å². The highest BCUT2D eigenvalue weighted by molar-refractivity contribution is 9.09. The van der Waals surface area contributed by atoms with Gasteiger partial charge in [-0.25, -0.2) is 4.79 Å². The number of esters is 2. The fourth-order valence-corrected chi connectivity index (χ4v) is 5.68. The lowest BCUT2D eigenvalue weighted by Gasteiger charge is -2.27. The first kappa shape index (κ1) is 18.5. The molecule has 2 aliphatic carbocycles. The number of unbranched alkanes of at least 4 members (excludes halogenated alkanes) is 1. The van der Waals surface area contributed by atoms with E-state index in [-0.39, 0.29) is 52.4 Å². The Morgan fingerprint density at radius 2 is 2.00 bits per heavy atom. The highest BCUT2D eigenvalue weighted by atomic mass is 79.9. The number of ether oxygens (including phenoxy) is 2. The molecule has 144 valence electrons. The molecular formula is C20H22BrNO5. The zero-order chi connectivity index (χ0) is 19.1. The minimum absolute atomic E-state index is 0.0428. The van der Waals surface area contributed by atoms with Crippen molar-refractivity contribution in [2.45, 2.75) is 37.1 Å². The van der Waals surface area contributed by atoms with Gasteiger partial charge in [0, 0.05) is 11.6 Å². The van der Waals surface area contributed by atoms with Crippen LogP contribution in [0.4, 0.5) is 5.69 Å². The van der Waals surface area contributed by atoms with Gasteiger partial charge in [0.2, 0.25) is 5.91 Å². The van der Waals surface area contributed by atoms with E-state index in [0.29, 0.717) is 17.9 Å². The first-order chi connectivity index (χ1) is 13.0. The molecular weight excluding hydrogens is 414 g/mol. The van der Waals surface area contributed by atoms with Crippen molar-refractivity contribution in [1.82, 2.24) is 0 Å². The third-order valence-corrected chi connectivity index (χ3v) is 7.15. The Morgan fingerprint density at radius 1 is 1.26 bits per heavy atom. The van der Waals surface area contributed by atoms with Gasteiger partial charge >= 0.3 is 11.9 Å². The summed E-state index contributed by atoms with van der Waals surface area (Å²) < 4.78 is 10.6. The normalized spacial score (nSPS) is 33.0. The van der Waals surface area contributed by atoms with Gasteiger partial charge in [-0.15, -0.1) is 0 Å². The summed E-state index contributed by atoms with van der Waals surface area (Å²) >= 11 is 3.61. The molecule has 1 aromatic carbocycles. The fraction of sp³-hybridized carbons (Fsp3) is 0.550. The number of hydrogen-bond donors (Lipinski definition) is 1. The molecule has 1 N–H and O–H groups in total. The van der Waals surface area contributed by atoms with E-state index in [1.807, 2.05) is 6.92 Å². The molecule has 0 aromatic heterocycles. The maximum atomic E-state index is 12.8. The number of amides is 1. The monoisotopic (exact) mass is 435 g/mol. The minimum Gasteiger partial charge on any atom is -0.462 e. The first-order valence-corrected chi connectivity index (χ1v) is 10.4. The van der Waals surface area contributed by atoms with E-state index >= 15 is 0 Å². The molecule has 0 radical (unpaired) electrons. The molecule has 6 nitrogen and oxygen atoms in total. The topological polar surface area (TPSA) is 81.7 Å². The molecule has 1 saturated heterocycles. The predicted molar refractivity (Wildman–Crippen MR) is 101 cm³/mol. The predicted octanol–water partition coefficient (Wildman–Crippen LogP) is 3.15. The van der Waals surface area contributed by atoms with Crippen molar-refractivity contribution < 1.29 is 23.9 Å². The van der Waals surface area contributed by atoms with Crippen LogP contribution in [0.5, 0.6) is 0 Å². The maximum absolute atomic E-state index is 12.8. The molecule has 1 aliphatic heterocycles. The van der Waals surface area contributed by atoms with Gasteiger partial charge < -0.3 is 14.8 Å². The molecule has 27 heavy (non-hydrogen) atoms. The third-order valence-electron chi connectivity index (χ3n) is 5.94. The van der Waals surface area contributed by atoms with E-state index in [9.17, 15) is 14.4 Å². The zero-order valence-corrected chi connectivity index (χ0v) is 16.6. The Bertz CT molecular complexity index is 764. The van der Waals surface area contributed by atoms with Crippen LogP contribution in [0.1, 0.15) is 36.5 Å². The van der Waals surface area contributed by atoms with Crippen LogP contribution in [-0.2, 0) is 19.1 Å². The second kappa shape index (κ2) is 7.26. The number of alkyl halides is 1. The van der Waals surface area contributed by atoms with Crippen LogP contribution >= 0.6 is 15.9 Å². The number of halogens is 1. The number of hydrogen-bond acceptors (Lipinski definition) is 5. The Hall–Kier alpha value is -1.89. The standard InChI is InChI=1S/C20H22BrNO5/c1-2-3-8-26-19(24)10-4-6-11(7-5-10)22-18(23)14-12-9-13-15(14)20(25)27-17(13)16(12)21/h4-7,12-17H,2-3,8-9H2,1H3,(H,22,23)/t12-,13-,14-,15-,16+,17+/m1/s1. The lowest BCUT2D eigenvalue weighted by atomic mass is 9.79. The van der Waals surface area contributed by atoms with E-state index in [2.05, 4.69) is 21.2 Å². The third kappa shape index (κ3) is 3.16. The smallest absolute Gasteiger partial charge is 0.338 e. The highest BCUT2D eigenvalue weighted by Gasteiger charge is 2.67. The summed E-state index contributed by atoms with van der Waals surface area (Å²) in [6.45, 7) is 2.44. The van der Waals surface area contributed by atoms with Crippen molar-refractivity contribution in [3.8, 4) is 0 Å². The molecule has 4 rings (SSSR count). The summed E-state index contributed by atoms with van der Waals surface area (Å²) in [4.78, 5) is 37.0. The second-order valence-corrected chi connectivity index (χ2v) is 8.57. The van der Waals surface area contributed by atoms with Crippen LogP contribution in [0, 0.1) is 23.7 Å². The lowest BCUT2D eigenvalue weighted by molar-refractivity contribution is -0.145. The van der Waals surface area contributed by atoms with Crippen molar-refractivity contribution in [1.29, 1.82) is 0 Å². The summed E-state index contributed by atoms with van der Waals surface area (Å²) in [7, 11) is 0. The maximum Gasteiger partial charge on any atom is 0.338 e. The Morgan fingerprint density at radius 3 is 2.70 bits per heavy atom. The molecule has 3 aliphatic rings. The van der Waals surface area contributed by atoms with E-state index in [1.165, 1.54) is 0 Å². The molecule has 1 heterocycles. The van der Waals surface area contributed by atoms with Crippen LogP contribution in [0.25, 0.3) is 0 Å². The second-order valence-electron chi connectivity index (χ2n) is 7.52. The van der Waals surface area contributed by atoms with Crippen molar-refractivity contribution in [3.05, 3.63) is 29.8 Å². The van der Waals surface area contributed by atoms with Crippen LogP contribution < -0.4 is 5.32 Å². The molecule has 0 unspecified atom stereocenters. The van der Waals surface area contributed by atoms with Crippen molar-refractivity contribution >= 4 is 39.5 Å². The highest BCUT2D eigenvalue weighted by Crippen LogP contribution is 2.60. The summed E-state index contributed by atoms with van der Waals surface area (Å²) in [6, 6.07) is 6.64. The van der Waals surface area contributed by atoms with Crippen LogP contribution in [0.3, 0.4) is 0 Å². The average Bonchev–Trinajstić information content (AvgIpc) is 3.26. The number of carbonyl (C=O) groups is 3. The minimum atomic E-state index is -0.371. The number of anilines is 1. The zero-order valence-electron chi connectivity index (χ0n) is 15.0. The molecule has 2 bridgehead atoms. The van der Waals surface area contributed by atoms with Gasteiger partial charge in [0.1, 0.15) is 6.10 Å². The Labute approximate surface area is 166 Å². The first-order valence-electron chi connectivity index (χ1n) is 9.44. The number of benzene rings is 1. The van der Waals surface area contributed by atoms with E-state index < -0.39 is 0 Å². The van der Waals surface area contributed by atoms with E-state index in [1.54, 1.807) is 24.3 Å². The average molecular weight is 436 g/mol. The summed E-state index contributed by atoms with van der Waals surface area (Å²) in [5, 5.41) is 2.89. The number of rotatable bonds is 6. The Balaban J connectivity index is 1.40. The van der Waals surface area contributed by atoms with Crippen LogP contribution in [0.15, 0.2) is 24.3 Å². The van der Waals surface area contributed by atoms with E-state index in [4.69, 9.17) is 9.47 Å². The largest absolute Gasteiger partial charge is 0.462 e. The summed E-state index contributed by atoms with van der Waals surface area (Å²) in [5.41, 5.74) is 1.05. The quantitative estimate of drug-likeness (QED) is 0.421. The fourth-order valence-electron chi connectivity index (χ4n) is 4.64. The molecule has 7 heteroatoms. The van der Waals surface area contributed by atoms with Crippen LogP contribution in [-0.4, -0.2) is 35.4 Å². The number of nitrogens with one attached hydrogen (secondary N) is 1. The van der Waals surface area contributed by atoms with Crippen molar-refractivity contribution in [2.24, 2.45) is 23.7 Å². The van der Waals surface area contributed by atoms with Gasteiger partial charge in [0.05, 0.1) is 28.8 Å². The molecule has 0 spiro atoms.